The Morgan fingerprint density at radius 1 is 1.17 bits per heavy atom. The van der Waals surface area contributed by atoms with Gasteiger partial charge in [0.25, 0.3) is 0 Å². The average molecular weight is 329 g/mol. The molecule has 2 aromatic carbocycles. The summed E-state index contributed by atoms with van der Waals surface area (Å²) in [6.07, 6.45) is 2.68. The predicted molar refractivity (Wildman–Crippen MR) is 92.9 cm³/mol. The van der Waals surface area contributed by atoms with Crippen molar-refractivity contribution >= 4 is 12.7 Å². The first-order valence-corrected chi connectivity index (χ1v) is 7.56. The van der Waals surface area contributed by atoms with Crippen molar-refractivity contribution in [2.75, 3.05) is 13.2 Å². The van der Waals surface area contributed by atoms with E-state index < -0.39 is 0 Å². The normalized spacial score (nSPS) is 12.9. The highest BCUT2D eigenvalue weighted by atomic mass is 19.1. The van der Waals surface area contributed by atoms with Crippen molar-refractivity contribution in [3.8, 4) is 5.75 Å². The molecule has 0 saturated carbocycles. The predicted octanol–water partition coefficient (Wildman–Crippen LogP) is 2.85. The van der Waals surface area contributed by atoms with Crippen LogP contribution in [-0.4, -0.2) is 30.9 Å². The summed E-state index contributed by atoms with van der Waals surface area (Å²) in [6, 6.07) is 13.3. The van der Waals surface area contributed by atoms with E-state index in [1.165, 1.54) is 18.5 Å². The van der Waals surface area contributed by atoms with Crippen molar-refractivity contribution in [3.05, 3.63) is 65.5 Å². The van der Waals surface area contributed by atoms with E-state index in [9.17, 15) is 9.50 Å². The lowest BCUT2D eigenvalue weighted by molar-refractivity contribution is 0.0571. The maximum atomic E-state index is 13.1. The molecule has 0 radical (unpaired) electrons. The monoisotopic (exact) mass is 329 g/mol. The van der Waals surface area contributed by atoms with Gasteiger partial charge < -0.3 is 15.6 Å². The van der Waals surface area contributed by atoms with E-state index in [2.05, 4.69) is 9.98 Å². The third-order valence-electron chi connectivity index (χ3n) is 3.39. The third kappa shape index (κ3) is 5.48. The molecule has 2 aromatic rings. The van der Waals surface area contributed by atoms with Gasteiger partial charge in [0.2, 0.25) is 0 Å². The first kappa shape index (κ1) is 17.6. The van der Waals surface area contributed by atoms with Gasteiger partial charge in [0.05, 0.1) is 25.6 Å². The average Bonchev–Trinajstić information content (AvgIpc) is 2.59. The van der Waals surface area contributed by atoms with Gasteiger partial charge in [0.15, 0.2) is 0 Å². The van der Waals surface area contributed by atoms with Gasteiger partial charge in [-0.05, 0) is 23.8 Å². The number of para-hydroxylation sites is 1. The largest absolute Gasteiger partial charge is 0.508 e. The standard InChI is InChI=1S/C18H20FN3O2/c19-15-7-5-14(6-8-15)11-18(16-3-1-2-4-17(16)23)24-10-9-21-13-22-12-20/h1-8,12-13,18,23H,9-11H2,(H2,20,21,22). The molecule has 0 aromatic heterocycles. The highest BCUT2D eigenvalue weighted by molar-refractivity contribution is 5.69. The SMILES string of the molecule is NC=NC=NCCOC(Cc1ccc(F)cc1)c1ccccc1O. The van der Waals surface area contributed by atoms with Crippen LogP contribution in [0, 0.1) is 5.82 Å². The van der Waals surface area contributed by atoms with Crippen molar-refractivity contribution < 1.29 is 14.2 Å². The van der Waals surface area contributed by atoms with Crippen LogP contribution in [0.2, 0.25) is 0 Å². The molecule has 0 amide bonds. The van der Waals surface area contributed by atoms with Crippen molar-refractivity contribution in [1.82, 2.24) is 0 Å². The molecule has 0 heterocycles. The molecular weight excluding hydrogens is 309 g/mol. The minimum Gasteiger partial charge on any atom is -0.508 e. The Kier molecular flexibility index (Phi) is 6.91. The van der Waals surface area contributed by atoms with E-state index in [0.29, 0.717) is 25.1 Å². The Morgan fingerprint density at radius 2 is 1.92 bits per heavy atom. The van der Waals surface area contributed by atoms with Crippen molar-refractivity contribution in [2.45, 2.75) is 12.5 Å². The summed E-state index contributed by atoms with van der Waals surface area (Å²) < 4.78 is 18.9. The van der Waals surface area contributed by atoms with Crippen molar-refractivity contribution in [2.24, 2.45) is 15.7 Å². The van der Waals surface area contributed by atoms with Crippen LogP contribution in [0.4, 0.5) is 4.39 Å². The van der Waals surface area contributed by atoms with E-state index in [1.807, 2.05) is 12.1 Å². The summed E-state index contributed by atoms with van der Waals surface area (Å²) in [6.45, 7) is 0.779. The highest BCUT2D eigenvalue weighted by Crippen LogP contribution is 2.29. The van der Waals surface area contributed by atoms with Gasteiger partial charge in [-0.15, -0.1) is 0 Å². The fraction of sp³-hybridized carbons (Fsp3) is 0.222. The fourth-order valence-electron chi connectivity index (χ4n) is 2.24. The van der Waals surface area contributed by atoms with Gasteiger partial charge in [0, 0.05) is 12.0 Å². The molecule has 1 unspecified atom stereocenters. The zero-order valence-electron chi connectivity index (χ0n) is 13.2. The van der Waals surface area contributed by atoms with Gasteiger partial charge in [0.1, 0.15) is 17.9 Å². The summed E-state index contributed by atoms with van der Waals surface area (Å²) in [5.74, 6) is -0.116. The number of ether oxygens (including phenoxy) is 1. The van der Waals surface area contributed by atoms with Crippen molar-refractivity contribution in [3.63, 3.8) is 0 Å². The molecule has 3 N–H and O–H groups in total. The molecule has 0 aliphatic rings. The summed E-state index contributed by atoms with van der Waals surface area (Å²) in [5.41, 5.74) is 6.72. The quantitative estimate of drug-likeness (QED) is 0.444. The number of phenolic OH excluding ortho intramolecular Hbond substituents is 1. The van der Waals surface area contributed by atoms with Gasteiger partial charge in [-0.1, -0.05) is 30.3 Å². The number of aromatic hydroxyl groups is 1. The molecule has 0 bridgehead atoms. The zero-order chi connectivity index (χ0) is 17.2. The second kappa shape index (κ2) is 9.42. The second-order valence-electron chi connectivity index (χ2n) is 5.07. The number of rotatable bonds is 8. The molecule has 6 heteroatoms. The van der Waals surface area contributed by atoms with Crippen LogP contribution in [0.5, 0.6) is 5.75 Å². The van der Waals surface area contributed by atoms with E-state index >= 15 is 0 Å². The summed E-state index contributed by atoms with van der Waals surface area (Å²) in [5, 5.41) is 10.1. The maximum Gasteiger partial charge on any atom is 0.123 e. The zero-order valence-corrected chi connectivity index (χ0v) is 13.2. The van der Waals surface area contributed by atoms with Crippen LogP contribution in [0.1, 0.15) is 17.2 Å². The van der Waals surface area contributed by atoms with Crippen LogP contribution in [0.25, 0.3) is 0 Å². The molecule has 0 spiro atoms. The molecular formula is C18H20FN3O2. The Labute approximate surface area is 140 Å². The van der Waals surface area contributed by atoms with E-state index in [0.717, 1.165) is 11.9 Å². The molecule has 0 aliphatic carbocycles. The molecule has 126 valence electrons. The number of nitrogens with zero attached hydrogens (tertiary/aromatic N) is 2. The molecule has 24 heavy (non-hydrogen) atoms. The fourth-order valence-corrected chi connectivity index (χ4v) is 2.24. The number of halogens is 1. The van der Waals surface area contributed by atoms with E-state index in [4.69, 9.17) is 10.5 Å². The molecule has 0 fully saturated rings. The minimum atomic E-state index is -0.357. The number of hydrogen-bond donors (Lipinski definition) is 2. The first-order chi connectivity index (χ1) is 11.7. The Hall–Kier alpha value is -2.73. The van der Waals surface area contributed by atoms with Gasteiger partial charge >= 0.3 is 0 Å². The van der Waals surface area contributed by atoms with Gasteiger partial charge in [-0.25, -0.2) is 9.38 Å². The first-order valence-electron chi connectivity index (χ1n) is 7.56. The summed E-state index contributed by atoms with van der Waals surface area (Å²) in [4.78, 5) is 7.69. The summed E-state index contributed by atoms with van der Waals surface area (Å²) >= 11 is 0. The molecule has 1 atom stereocenters. The highest BCUT2D eigenvalue weighted by Gasteiger charge is 2.16. The van der Waals surface area contributed by atoms with Gasteiger partial charge in [-0.2, -0.15) is 0 Å². The lowest BCUT2D eigenvalue weighted by Gasteiger charge is -2.19. The van der Waals surface area contributed by atoms with Crippen LogP contribution < -0.4 is 5.73 Å². The molecule has 0 saturated heterocycles. The third-order valence-corrected chi connectivity index (χ3v) is 3.39. The number of benzene rings is 2. The van der Waals surface area contributed by atoms with Gasteiger partial charge in [-0.3, -0.25) is 4.99 Å². The van der Waals surface area contributed by atoms with Crippen molar-refractivity contribution in [1.29, 1.82) is 0 Å². The topological polar surface area (TPSA) is 80.2 Å². The second-order valence-corrected chi connectivity index (χ2v) is 5.07. The smallest absolute Gasteiger partial charge is 0.123 e. The lowest BCUT2D eigenvalue weighted by atomic mass is 10.0. The molecule has 2 rings (SSSR count). The number of hydrogen-bond acceptors (Lipinski definition) is 3. The van der Waals surface area contributed by atoms with Crippen LogP contribution in [-0.2, 0) is 11.2 Å². The number of nitrogens with two attached hydrogens (primary N) is 1. The van der Waals surface area contributed by atoms with E-state index in [-0.39, 0.29) is 17.7 Å². The molecule has 0 aliphatic heterocycles. The lowest BCUT2D eigenvalue weighted by Crippen LogP contribution is -2.11. The number of phenols is 1. The Balaban J connectivity index is 2.06. The molecule has 5 nitrogen and oxygen atoms in total. The van der Waals surface area contributed by atoms with Crippen LogP contribution in [0.15, 0.2) is 58.5 Å². The van der Waals surface area contributed by atoms with Crippen LogP contribution in [0.3, 0.4) is 0 Å². The Morgan fingerprint density at radius 3 is 2.62 bits per heavy atom. The number of aliphatic imine (C=N–C) groups is 2. The summed E-state index contributed by atoms with van der Waals surface area (Å²) in [7, 11) is 0. The van der Waals surface area contributed by atoms with Crippen LogP contribution >= 0.6 is 0 Å². The van der Waals surface area contributed by atoms with E-state index in [1.54, 1.807) is 24.3 Å². The minimum absolute atomic E-state index is 0.167. The maximum absolute atomic E-state index is 13.1. The Bertz CT molecular complexity index is 687.